The molecule has 17 heavy (non-hydrogen) atoms. The van der Waals surface area contributed by atoms with Gasteiger partial charge in [-0.1, -0.05) is 12.1 Å². The van der Waals surface area contributed by atoms with Crippen molar-refractivity contribution in [2.24, 2.45) is 5.73 Å². The van der Waals surface area contributed by atoms with Gasteiger partial charge in [0.2, 0.25) is 0 Å². The van der Waals surface area contributed by atoms with Crippen LogP contribution >= 0.6 is 11.3 Å². The highest BCUT2D eigenvalue weighted by Crippen LogP contribution is 2.16. The summed E-state index contributed by atoms with van der Waals surface area (Å²) < 4.78 is 13.0. The lowest BCUT2D eigenvalue weighted by molar-refractivity contribution is 0.626. The van der Waals surface area contributed by atoms with Gasteiger partial charge < -0.3 is 5.73 Å². The van der Waals surface area contributed by atoms with Gasteiger partial charge in [0.05, 0.1) is 10.7 Å². The summed E-state index contributed by atoms with van der Waals surface area (Å²) in [5.74, 6) is -0.199. The quantitative estimate of drug-likeness (QED) is 0.906. The molecule has 0 radical (unpaired) electrons. The summed E-state index contributed by atoms with van der Waals surface area (Å²) in [5, 5.41) is 3.03. The topological polar surface area (TPSA) is 38.9 Å². The summed E-state index contributed by atoms with van der Waals surface area (Å²) >= 11 is 1.60. The van der Waals surface area contributed by atoms with Crippen LogP contribution in [0.5, 0.6) is 0 Å². The molecule has 2 nitrogen and oxygen atoms in total. The van der Waals surface area contributed by atoms with E-state index in [1.807, 2.05) is 18.4 Å². The van der Waals surface area contributed by atoms with Crippen molar-refractivity contribution < 1.29 is 4.39 Å². The molecule has 2 rings (SSSR count). The first-order chi connectivity index (χ1) is 8.13. The van der Waals surface area contributed by atoms with Gasteiger partial charge in [0.25, 0.3) is 0 Å². The van der Waals surface area contributed by atoms with E-state index in [9.17, 15) is 4.39 Å². The van der Waals surface area contributed by atoms with E-state index in [1.165, 1.54) is 6.07 Å². The van der Waals surface area contributed by atoms with Crippen LogP contribution in [-0.2, 0) is 12.8 Å². The van der Waals surface area contributed by atoms with Crippen LogP contribution in [0.4, 0.5) is 4.39 Å². The molecule has 4 heteroatoms. The second-order valence-corrected chi connectivity index (χ2v) is 5.16. The van der Waals surface area contributed by atoms with E-state index >= 15 is 0 Å². The maximum absolute atomic E-state index is 13.0. The summed E-state index contributed by atoms with van der Waals surface area (Å²) in [6, 6.07) is 6.76. The minimum atomic E-state index is -0.199. The largest absolute Gasteiger partial charge is 0.328 e. The average molecular weight is 250 g/mol. The second kappa shape index (κ2) is 5.38. The summed E-state index contributed by atoms with van der Waals surface area (Å²) in [4.78, 5) is 4.49. The van der Waals surface area contributed by atoms with Crippen molar-refractivity contribution in [3.8, 4) is 0 Å². The SMILES string of the molecule is CC(N)Cc1csc(Cc2cccc(F)c2)n1. The molecule has 0 bridgehead atoms. The summed E-state index contributed by atoms with van der Waals surface area (Å²) in [6.07, 6.45) is 1.47. The Morgan fingerprint density at radius 3 is 3.00 bits per heavy atom. The number of aromatic nitrogens is 1. The van der Waals surface area contributed by atoms with Crippen molar-refractivity contribution in [1.82, 2.24) is 4.98 Å². The molecule has 2 N–H and O–H groups in total. The predicted octanol–water partition coefficient (Wildman–Crippen LogP) is 2.76. The molecular formula is C13H15FN2S. The van der Waals surface area contributed by atoms with Crippen molar-refractivity contribution in [2.45, 2.75) is 25.8 Å². The fraction of sp³-hybridized carbons (Fsp3) is 0.308. The second-order valence-electron chi connectivity index (χ2n) is 4.22. The minimum absolute atomic E-state index is 0.124. The number of benzene rings is 1. The predicted molar refractivity (Wildman–Crippen MR) is 68.7 cm³/mol. The van der Waals surface area contributed by atoms with Crippen molar-refractivity contribution in [2.75, 3.05) is 0 Å². The van der Waals surface area contributed by atoms with Crippen LogP contribution in [0.3, 0.4) is 0 Å². The zero-order valence-corrected chi connectivity index (χ0v) is 10.5. The Kier molecular flexibility index (Phi) is 3.86. The molecule has 0 aliphatic carbocycles. The van der Waals surface area contributed by atoms with E-state index in [1.54, 1.807) is 23.5 Å². The first-order valence-electron chi connectivity index (χ1n) is 5.57. The van der Waals surface area contributed by atoms with Crippen molar-refractivity contribution in [3.63, 3.8) is 0 Å². The normalized spacial score (nSPS) is 12.6. The Morgan fingerprint density at radius 1 is 1.47 bits per heavy atom. The Labute approximate surface area is 104 Å². The van der Waals surface area contributed by atoms with E-state index in [-0.39, 0.29) is 11.9 Å². The van der Waals surface area contributed by atoms with Gasteiger partial charge in [-0.2, -0.15) is 0 Å². The van der Waals surface area contributed by atoms with Crippen molar-refractivity contribution in [1.29, 1.82) is 0 Å². The average Bonchev–Trinajstić information content (AvgIpc) is 2.64. The zero-order valence-electron chi connectivity index (χ0n) is 9.69. The van der Waals surface area contributed by atoms with E-state index in [2.05, 4.69) is 4.98 Å². The van der Waals surface area contributed by atoms with Gasteiger partial charge in [0.1, 0.15) is 5.82 Å². The number of nitrogens with zero attached hydrogens (tertiary/aromatic N) is 1. The van der Waals surface area contributed by atoms with Gasteiger partial charge in [0.15, 0.2) is 0 Å². The number of thiazole rings is 1. The van der Waals surface area contributed by atoms with Crippen LogP contribution < -0.4 is 5.73 Å². The molecule has 2 aromatic rings. The molecule has 0 spiro atoms. The Morgan fingerprint density at radius 2 is 2.29 bits per heavy atom. The maximum atomic E-state index is 13.0. The van der Waals surface area contributed by atoms with E-state index in [0.717, 1.165) is 22.7 Å². The lowest BCUT2D eigenvalue weighted by atomic mass is 10.1. The van der Waals surface area contributed by atoms with E-state index in [0.29, 0.717) is 6.42 Å². The van der Waals surface area contributed by atoms with E-state index in [4.69, 9.17) is 5.73 Å². The zero-order chi connectivity index (χ0) is 12.3. The highest BCUT2D eigenvalue weighted by Gasteiger charge is 2.05. The van der Waals surface area contributed by atoms with Gasteiger partial charge in [-0.15, -0.1) is 11.3 Å². The molecular weight excluding hydrogens is 235 g/mol. The van der Waals surface area contributed by atoms with Gasteiger partial charge in [0, 0.05) is 24.3 Å². The number of hydrogen-bond acceptors (Lipinski definition) is 3. The molecule has 1 heterocycles. The minimum Gasteiger partial charge on any atom is -0.328 e. The highest BCUT2D eigenvalue weighted by molar-refractivity contribution is 7.09. The molecule has 1 aromatic heterocycles. The Balaban J connectivity index is 2.06. The molecule has 0 amide bonds. The third kappa shape index (κ3) is 3.61. The fourth-order valence-corrected chi connectivity index (χ4v) is 2.52. The third-order valence-corrected chi connectivity index (χ3v) is 3.27. The van der Waals surface area contributed by atoms with Crippen LogP contribution in [0.15, 0.2) is 29.6 Å². The van der Waals surface area contributed by atoms with E-state index < -0.39 is 0 Å². The standard InChI is InChI=1S/C13H15FN2S/c1-9(15)5-12-8-17-13(16-12)7-10-3-2-4-11(14)6-10/h2-4,6,8-9H,5,7,15H2,1H3. The number of rotatable bonds is 4. The number of hydrogen-bond donors (Lipinski definition) is 1. The number of halogens is 1. The smallest absolute Gasteiger partial charge is 0.123 e. The molecule has 0 aliphatic rings. The lowest BCUT2D eigenvalue weighted by Gasteiger charge is -2.00. The van der Waals surface area contributed by atoms with Gasteiger partial charge >= 0.3 is 0 Å². The molecule has 1 aromatic carbocycles. The summed E-state index contributed by atoms with van der Waals surface area (Å²) in [7, 11) is 0. The molecule has 90 valence electrons. The first-order valence-corrected chi connectivity index (χ1v) is 6.45. The molecule has 0 aliphatic heterocycles. The Hall–Kier alpha value is -1.26. The molecule has 1 atom stereocenters. The van der Waals surface area contributed by atoms with Crippen LogP contribution in [0.2, 0.25) is 0 Å². The third-order valence-electron chi connectivity index (χ3n) is 2.37. The van der Waals surface area contributed by atoms with Crippen LogP contribution in [-0.4, -0.2) is 11.0 Å². The van der Waals surface area contributed by atoms with Gasteiger partial charge in [-0.05, 0) is 24.6 Å². The molecule has 1 unspecified atom stereocenters. The monoisotopic (exact) mass is 250 g/mol. The van der Waals surface area contributed by atoms with Gasteiger partial charge in [-0.25, -0.2) is 9.37 Å². The number of nitrogens with two attached hydrogens (primary N) is 1. The Bertz CT molecular complexity index is 494. The lowest BCUT2D eigenvalue weighted by Crippen LogP contribution is -2.17. The summed E-state index contributed by atoms with van der Waals surface area (Å²) in [5.41, 5.74) is 7.70. The molecule has 0 fully saturated rings. The highest BCUT2D eigenvalue weighted by atomic mass is 32.1. The summed E-state index contributed by atoms with van der Waals surface area (Å²) in [6.45, 7) is 1.96. The van der Waals surface area contributed by atoms with Crippen LogP contribution in [0.1, 0.15) is 23.2 Å². The fourth-order valence-electron chi connectivity index (χ4n) is 1.68. The van der Waals surface area contributed by atoms with Crippen molar-refractivity contribution in [3.05, 3.63) is 51.7 Å². The first kappa shape index (κ1) is 12.2. The van der Waals surface area contributed by atoms with Crippen LogP contribution in [0, 0.1) is 5.82 Å². The molecule has 0 saturated carbocycles. The molecule has 0 saturated heterocycles. The van der Waals surface area contributed by atoms with Crippen LogP contribution in [0.25, 0.3) is 0 Å². The van der Waals surface area contributed by atoms with Crippen molar-refractivity contribution >= 4 is 11.3 Å². The maximum Gasteiger partial charge on any atom is 0.123 e. The van der Waals surface area contributed by atoms with Gasteiger partial charge in [-0.3, -0.25) is 0 Å².